The number of amides is 1. The van der Waals surface area contributed by atoms with Crippen LogP contribution in [0.5, 0.6) is 0 Å². The molecule has 3 aromatic rings. The molecule has 0 bridgehead atoms. The average Bonchev–Trinajstić information content (AvgIpc) is 3.02. The number of aryl methyl sites for hydroxylation is 1. The van der Waals surface area contributed by atoms with E-state index in [2.05, 4.69) is 15.3 Å². The van der Waals surface area contributed by atoms with Gasteiger partial charge in [0.25, 0.3) is 0 Å². The van der Waals surface area contributed by atoms with Gasteiger partial charge in [-0.05, 0) is 42.8 Å². The van der Waals surface area contributed by atoms with E-state index in [9.17, 15) is 9.00 Å². The van der Waals surface area contributed by atoms with E-state index >= 15 is 0 Å². The SMILES string of the molecule is Cc1oc(-c2ccc(Cl)cc2)nc1C[S@@](=O)CC(=O)NCc1cccnc1. The number of hydrogen-bond donors (Lipinski definition) is 1. The van der Waals surface area contributed by atoms with Crippen molar-refractivity contribution in [2.24, 2.45) is 0 Å². The molecule has 6 nitrogen and oxygen atoms in total. The van der Waals surface area contributed by atoms with Crippen molar-refractivity contribution in [2.45, 2.75) is 19.2 Å². The molecule has 1 atom stereocenters. The van der Waals surface area contributed by atoms with E-state index in [0.717, 1.165) is 11.1 Å². The minimum absolute atomic E-state index is 0.0944. The van der Waals surface area contributed by atoms with Crippen LogP contribution in [0, 0.1) is 6.92 Å². The van der Waals surface area contributed by atoms with E-state index in [-0.39, 0.29) is 17.4 Å². The predicted molar refractivity (Wildman–Crippen MR) is 104 cm³/mol. The fourth-order valence-electron chi connectivity index (χ4n) is 2.38. The average molecular weight is 404 g/mol. The van der Waals surface area contributed by atoms with Gasteiger partial charge in [-0.2, -0.15) is 0 Å². The largest absolute Gasteiger partial charge is 0.441 e. The van der Waals surface area contributed by atoms with Crippen LogP contribution in [0.3, 0.4) is 0 Å². The van der Waals surface area contributed by atoms with Crippen LogP contribution in [0.4, 0.5) is 0 Å². The van der Waals surface area contributed by atoms with Crippen molar-refractivity contribution in [1.29, 1.82) is 0 Å². The van der Waals surface area contributed by atoms with Crippen molar-refractivity contribution in [1.82, 2.24) is 15.3 Å². The molecule has 27 heavy (non-hydrogen) atoms. The molecule has 0 aliphatic carbocycles. The van der Waals surface area contributed by atoms with E-state index in [0.29, 0.717) is 28.9 Å². The van der Waals surface area contributed by atoms with Gasteiger partial charge in [0.05, 0.1) is 11.4 Å². The van der Waals surface area contributed by atoms with Gasteiger partial charge in [0.2, 0.25) is 11.8 Å². The van der Waals surface area contributed by atoms with Crippen LogP contribution in [-0.4, -0.2) is 25.8 Å². The Balaban J connectivity index is 1.56. The lowest BCUT2D eigenvalue weighted by Crippen LogP contribution is -2.28. The molecule has 0 saturated carbocycles. The predicted octanol–water partition coefficient (Wildman–Crippen LogP) is 3.26. The number of carbonyl (C=O) groups is 1. The summed E-state index contributed by atoms with van der Waals surface area (Å²) >= 11 is 5.89. The van der Waals surface area contributed by atoms with E-state index in [4.69, 9.17) is 16.0 Å². The van der Waals surface area contributed by atoms with Crippen LogP contribution < -0.4 is 5.32 Å². The van der Waals surface area contributed by atoms with Crippen LogP contribution in [0.15, 0.2) is 53.2 Å². The highest BCUT2D eigenvalue weighted by molar-refractivity contribution is 7.84. The maximum atomic E-state index is 12.3. The summed E-state index contributed by atoms with van der Waals surface area (Å²) in [6, 6.07) is 10.8. The maximum absolute atomic E-state index is 12.3. The van der Waals surface area contributed by atoms with Gasteiger partial charge in [-0.1, -0.05) is 17.7 Å². The standard InChI is InChI=1S/C19H18ClN3O3S/c1-13-17(23-19(26-13)15-4-6-16(20)7-5-15)11-27(25)12-18(24)22-10-14-3-2-8-21-9-14/h2-9H,10-12H2,1H3,(H,22,24)/t27-/m1/s1. The molecule has 8 heteroatoms. The summed E-state index contributed by atoms with van der Waals surface area (Å²) in [5, 5.41) is 3.36. The molecule has 1 amide bonds. The summed E-state index contributed by atoms with van der Waals surface area (Å²) in [6.45, 7) is 2.12. The van der Waals surface area contributed by atoms with Gasteiger partial charge in [0, 0.05) is 40.3 Å². The Kier molecular flexibility index (Phi) is 6.36. The Morgan fingerprint density at radius 1 is 1.26 bits per heavy atom. The number of nitrogens with one attached hydrogen (secondary N) is 1. The van der Waals surface area contributed by atoms with Crippen molar-refractivity contribution in [2.75, 3.05) is 5.75 Å². The molecule has 3 rings (SSSR count). The summed E-state index contributed by atoms with van der Waals surface area (Å²) in [6.07, 6.45) is 3.34. The first-order valence-electron chi connectivity index (χ1n) is 8.24. The lowest BCUT2D eigenvalue weighted by atomic mass is 10.2. The van der Waals surface area contributed by atoms with Gasteiger partial charge in [0.15, 0.2) is 0 Å². The highest BCUT2D eigenvalue weighted by Crippen LogP contribution is 2.24. The molecule has 0 unspecified atom stereocenters. The molecule has 2 aromatic heterocycles. The van der Waals surface area contributed by atoms with Crippen LogP contribution in [0.2, 0.25) is 5.02 Å². The molecule has 0 spiro atoms. The zero-order valence-electron chi connectivity index (χ0n) is 14.6. The fraction of sp³-hybridized carbons (Fsp3) is 0.211. The van der Waals surface area contributed by atoms with Gasteiger partial charge >= 0.3 is 0 Å². The third-order valence-electron chi connectivity index (χ3n) is 3.79. The summed E-state index contributed by atoms with van der Waals surface area (Å²) < 4.78 is 18.0. The maximum Gasteiger partial charge on any atom is 0.232 e. The smallest absolute Gasteiger partial charge is 0.232 e. The molecule has 140 valence electrons. The Morgan fingerprint density at radius 3 is 2.74 bits per heavy atom. The normalized spacial score (nSPS) is 11.9. The lowest BCUT2D eigenvalue weighted by molar-refractivity contribution is -0.118. The third-order valence-corrected chi connectivity index (χ3v) is 5.22. The quantitative estimate of drug-likeness (QED) is 0.654. The molecule has 0 fully saturated rings. The third kappa shape index (κ3) is 5.48. The highest BCUT2D eigenvalue weighted by Gasteiger charge is 2.16. The second kappa shape index (κ2) is 8.92. The lowest BCUT2D eigenvalue weighted by Gasteiger charge is -2.04. The molecule has 0 saturated heterocycles. The number of halogens is 1. The minimum atomic E-state index is -1.39. The first-order valence-corrected chi connectivity index (χ1v) is 10.1. The second-order valence-electron chi connectivity index (χ2n) is 5.90. The summed E-state index contributed by atoms with van der Waals surface area (Å²) in [5.74, 6) is 0.809. The molecular formula is C19H18ClN3O3S. The number of benzene rings is 1. The van der Waals surface area contributed by atoms with Crippen LogP contribution in [0.1, 0.15) is 17.0 Å². The van der Waals surface area contributed by atoms with Crippen LogP contribution in [-0.2, 0) is 27.9 Å². The Morgan fingerprint density at radius 2 is 2.04 bits per heavy atom. The summed E-state index contributed by atoms with van der Waals surface area (Å²) in [4.78, 5) is 20.4. The number of aromatic nitrogens is 2. The number of rotatable bonds is 7. The molecule has 0 aliphatic rings. The topological polar surface area (TPSA) is 85.1 Å². The van der Waals surface area contributed by atoms with E-state index in [1.165, 1.54) is 0 Å². The molecule has 1 N–H and O–H groups in total. The summed E-state index contributed by atoms with van der Waals surface area (Å²) in [5.41, 5.74) is 2.25. The molecule has 0 radical (unpaired) electrons. The first kappa shape index (κ1) is 19.3. The Hall–Kier alpha value is -2.51. The van der Waals surface area contributed by atoms with E-state index in [1.807, 2.05) is 6.07 Å². The molecule has 2 heterocycles. The number of pyridine rings is 1. The van der Waals surface area contributed by atoms with E-state index in [1.54, 1.807) is 49.6 Å². The Bertz CT molecular complexity index is 943. The van der Waals surface area contributed by atoms with Crippen LogP contribution >= 0.6 is 11.6 Å². The van der Waals surface area contributed by atoms with Gasteiger partial charge in [0.1, 0.15) is 11.5 Å². The van der Waals surface area contributed by atoms with Gasteiger partial charge in [-0.25, -0.2) is 4.98 Å². The number of hydrogen-bond acceptors (Lipinski definition) is 5. The van der Waals surface area contributed by atoms with E-state index < -0.39 is 10.8 Å². The molecular weight excluding hydrogens is 386 g/mol. The second-order valence-corrected chi connectivity index (χ2v) is 7.79. The van der Waals surface area contributed by atoms with Crippen molar-refractivity contribution < 1.29 is 13.4 Å². The Labute approximate surface area is 164 Å². The van der Waals surface area contributed by atoms with Crippen LogP contribution in [0.25, 0.3) is 11.5 Å². The minimum Gasteiger partial charge on any atom is -0.441 e. The van der Waals surface area contributed by atoms with Crippen molar-refractivity contribution in [3.05, 3.63) is 70.8 Å². The number of oxazole rings is 1. The zero-order valence-corrected chi connectivity index (χ0v) is 16.2. The fourth-order valence-corrected chi connectivity index (χ4v) is 3.58. The van der Waals surface area contributed by atoms with Crippen molar-refractivity contribution >= 4 is 28.3 Å². The number of nitrogens with zero attached hydrogens (tertiary/aromatic N) is 2. The monoisotopic (exact) mass is 403 g/mol. The van der Waals surface area contributed by atoms with Gasteiger partial charge in [-0.3, -0.25) is 14.0 Å². The molecule has 1 aromatic carbocycles. The van der Waals surface area contributed by atoms with Gasteiger partial charge < -0.3 is 9.73 Å². The highest BCUT2D eigenvalue weighted by atomic mass is 35.5. The van der Waals surface area contributed by atoms with Crippen molar-refractivity contribution in [3.8, 4) is 11.5 Å². The van der Waals surface area contributed by atoms with Gasteiger partial charge in [-0.15, -0.1) is 0 Å². The molecule has 0 aliphatic heterocycles. The summed E-state index contributed by atoms with van der Waals surface area (Å²) in [7, 11) is -1.39. The number of carbonyl (C=O) groups excluding carboxylic acids is 1. The first-order chi connectivity index (χ1) is 13.0. The zero-order chi connectivity index (χ0) is 19.2. The van der Waals surface area contributed by atoms with Crippen molar-refractivity contribution in [3.63, 3.8) is 0 Å².